The van der Waals surface area contributed by atoms with E-state index in [0.717, 1.165) is 30.6 Å². The largest absolute Gasteiger partial charge is 0.494 e. The van der Waals surface area contributed by atoms with Gasteiger partial charge in [-0.25, -0.2) is 0 Å². The van der Waals surface area contributed by atoms with Crippen molar-refractivity contribution in [2.24, 2.45) is 11.8 Å². The maximum absolute atomic E-state index is 5.92. The fourth-order valence-electron chi connectivity index (χ4n) is 4.59. The van der Waals surface area contributed by atoms with E-state index >= 15 is 0 Å². The minimum Gasteiger partial charge on any atom is -0.494 e. The molecular formula is C28H40O. The SMILES string of the molecule is CCCCCCCOc1ccc(-c2ccc3c(c2)CCC(CC(C)CC)C3)cc1. The van der Waals surface area contributed by atoms with Gasteiger partial charge in [0.2, 0.25) is 0 Å². The number of fused-ring (bicyclic) bond motifs is 1. The van der Waals surface area contributed by atoms with Crippen LogP contribution in [0.25, 0.3) is 11.1 Å². The lowest BCUT2D eigenvalue weighted by molar-refractivity contribution is 0.304. The van der Waals surface area contributed by atoms with Gasteiger partial charge in [-0.3, -0.25) is 0 Å². The summed E-state index contributed by atoms with van der Waals surface area (Å²) in [5, 5.41) is 0. The van der Waals surface area contributed by atoms with Gasteiger partial charge >= 0.3 is 0 Å². The highest BCUT2D eigenvalue weighted by Crippen LogP contribution is 2.33. The summed E-state index contributed by atoms with van der Waals surface area (Å²) in [5.74, 6) is 2.73. The van der Waals surface area contributed by atoms with Gasteiger partial charge in [-0.2, -0.15) is 0 Å². The molecule has 0 aromatic heterocycles. The summed E-state index contributed by atoms with van der Waals surface area (Å²) in [7, 11) is 0. The monoisotopic (exact) mass is 392 g/mol. The topological polar surface area (TPSA) is 9.23 Å². The normalized spacial score (nSPS) is 17.0. The first-order valence-electron chi connectivity index (χ1n) is 12.0. The standard InChI is InChI=1S/C28H40O/c1-4-6-7-8-9-18-29-28-16-14-24(15-17-28)26-13-12-25-20-23(19-22(3)5-2)10-11-27(25)21-26/h12-17,21-23H,4-11,18-20H2,1-3H3. The molecule has 2 aromatic rings. The zero-order chi connectivity index (χ0) is 20.5. The molecule has 1 heteroatoms. The summed E-state index contributed by atoms with van der Waals surface area (Å²) in [6.07, 6.45) is 13.0. The Kier molecular flexibility index (Phi) is 8.65. The molecule has 0 radical (unpaired) electrons. The van der Waals surface area contributed by atoms with E-state index < -0.39 is 0 Å². The van der Waals surface area contributed by atoms with Crippen molar-refractivity contribution in [2.75, 3.05) is 6.61 Å². The minimum absolute atomic E-state index is 0.833. The van der Waals surface area contributed by atoms with Crippen molar-refractivity contribution in [1.82, 2.24) is 0 Å². The molecule has 2 aromatic carbocycles. The van der Waals surface area contributed by atoms with E-state index in [4.69, 9.17) is 4.74 Å². The van der Waals surface area contributed by atoms with Crippen LogP contribution in [0.5, 0.6) is 5.75 Å². The number of ether oxygens (including phenoxy) is 1. The van der Waals surface area contributed by atoms with Gasteiger partial charge in [0, 0.05) is 0 Å². The fraction of sp³-hybridized carbons (Fsp3) is 0.571. The van der Waals surface area contributed by atoms with E-state index in [1.165, 1.54) is 68.9 Å². The Labute approximate surface area is 178 Å². The van der Waals surface area contributed by atoms with Gasteiger partial charge in [0.05, 0.1) is 6.61 Å². The number of aryl methyl sites for hydroxylation is 1. The van der Waals surface area contributed by atoms with Gasteiger partial charge in [0.1, 0.15) is 5.75 Å². The first kappa shape index (κ1) is 21.9. The Hall–Kier alpha value is -1.76. The number of benzene rings is 2. The summed E-state index contributed by atoms with van der Waals surface area (Å²) in [4.78, 5) is 0. The van der Waals surface area contributed by atoms with E-state index in [1.54, 1.807) is 11.1 Å². The molecule has 0 heterocycles. The van der Waals surface area contributed by atoms with Crippen LogP contribution < -0.4 is 4.74 Å². The lowest BCUT2D eigenvalue weighted by atomic mass is 9.78. The molecule has 29 heavy (non-hydrogen) atoms. The van der Waals surface area contributed by atoms with E-state index in [1.807, 2.05) is 0 Å². The van der Waals surface area contributed by atoms with Crippen LogP contribution in [0.1, 0.15) is 83.3 Å². The van der Waals surface area contributed by atoms with Crippen LogP contribution >= 0.6 is 0 Å². The van der Waals surface area contributed by atoms with Crippen LogP contribution in [0.2, 0.25) is 0 Å². The molecule has 0 amide bonds. The predicted octanol–water partition coefficient (Wildman–Crippen LogP) is 8.24. The second-order valence-electron chi connectivity index (χ2n) is 9.13. The van der Waals surface area contributed by atoms with E-state index in [0.29, 0.717) is 0 Å². The van der Waals surface area contributed by atoms with Gasteiger partial charge in [-0.1, -0.05) is 83.2 Å². The van der Waals surface area contributed by atoms with E-state index in [9.17, 15) is 0 Å². The average molecular weight is 393 g/mol. The van der Waals surface area contributed by atoms with Crippen molar-refractivity contribution in [1.29, 1.82) is 0 Å². The molecule has 0 saturated heterocycles. The van der Waals surface area contributed by atoms with Crippen molar-refractivity contribution in [2.45, 2.75) is 85.0 Å². The smallest absolute Gasteiger partial charge is 0.119 e. The summed E-state index contributed by atoms with van der Waals surface area (Å²) >= 11 is 0. The van der Waals surface area contributed by atoms with Gasteiger partial charge in [-0.15, -0.1) is 0 Å². The molecule has 0 saturated carbocycles. The zero-order valence-corrected chi connectivity index (χ0v) is 18.9. The molecule has 0 bridgehead atoms. The molecule has 1 aliphatic carbocycles. The second kappa shape index (κ2) is 11.4. The minimum atomic E-state index is 0.833. The van der Waals surface area contributed by atoms with E-state index in [2.05, 4.69) is 63.2 Å². The van der Waals surface area contributed by atoms with Crippen LogP contribution in [0, 0.1) is 11.8 Å². The molecule has 0 fully saturated rings. The molecule has 158 valence electrons. The Balaban J connectivity index is 1.54. The number of hydrogen-bond donors (Lipinski definition) is 0. The highest BCUT2D eigenvalue weighted by molar-refractivity contribution is 5.66. The van der Waals surface area contributed by atoms with Crippen LogP contribution in [0.3, 0.4) is 0 Å². The van der Waals surface area contributed by atoms with Crippen molar-refractivity contribution in [3.05, 3.63) is 53.6 Å². The Morgan fingerprint density at radius 2 is 1.66 bits per heavy atom. The highest BCUT2D eigenvalue weighted by atomic mass is 16.5. The van der Waals surface area contributed by atoms with Gasteiger partial charge < -0.3 is 4.74 Å². The first-order chi connectivity index (χ1) is 14.2. The zero-order valence-electron chi connectivity index (χ0n) is 18.9. The summed E-state index contributed by atoms with van der Waals surface area (Å²) < 4.78 is 5.92. The maximum Gasteiger partial charge on any atom is 0.119 e. The summed E-state index contributed by atoms with van der Waals surface area (Å²) in [6.45, 7) is 7.81. The lowest BCUT2D eigenvalue weighted by Crippen LogP contribution is -2.16. The van der Waals surface area contributed by atoms with Crippen molar-refractivity contribution >= 4 is 0 Å². The number of unbranched alkanes of at least 4 members (excludes halogenated alkanes) is 4. The van der Waals surface area contributed by atoms with Crippen LogP contribution in [0.15, 0.2) is 42.5 Å². The quantitative estimate of drug-likeness (QED) is 0.350. The maximum atomic E-state index is 5.92. The molecule has 0 aliphatic heterocycles. The highest BCUT2D eigenvalue weighted by Gasteiger charge is 2.20. The molecule has 2 atom stereocenters. The Morgan fingerprint density at radius 3 is 2.41 bits per heavy atom. The first-order valence-corrected chi connectivity index (χ1v) is 12.0. The molecule has 0 spiro atoms. The average Bonchev–Trinajstić information content (AvgIpc) is 2.76. The van der Waals surface area contributed by atoms with E-state index in [-0.39, 0.29) is 0 Å². The fourth-order valence-corrected chi connectivity index (χ4v) is 4.59. The Morgan fingerprint density at radius 1 is 0.897 bits per heavy atom. The molecule has 1 aliphatic rings. The lowest BCUT2D eigenvalue weighted by Gasteiger charge is -2.27. The molecule has 3 rings (SSSR count). The number of rotatable bonds is 11. The summed E-state index contributed by atoms with van der Waals surface area (Å²) in [6, 6.07) is 15.8. The third-order valence-corrected chi connectivity index (χ3v) is 6.67. The molecule has 0 N–H and O–H groups in total. The third kappa shape index (κ3) is 6.63. The third-order valence-electron chi connectivity index (χ3n) is 6.67. The number of hydrogen-bond acceptors (Lipinski definition) is 1. The Bertz CT molecular complexity index is 730. The summed E-state index contributed by atoms with van der Waals surface area (Å²) in [5.41, 5.74) is 5.78. The van der Waals surface area contributed by atoms with Gasteiger partial charge in [0.15, 0.2) is 0 Å². The second-order valence-corrected chi connectivity index (χ2v) is 9.13. The van der Waals surface area contributed by atoms with Crippen LogP contribution in [-0.2, 0) is 12.8 Å². The molecule has 1 nitrogen and oxygen atoms in total. The van der Waals surface area contributed by atoms with Gasteiger partial charge in [-0.05, 0) is 78.3 Å². The van der Waals surface area contributed by atoms with Crippen molar-refractivity contribution in [3.63, 3.8) is 0 Å². The van der Waals surface area contributed by atoms with Crippen LogP contribution in [-0.4, -0.2) is 6.61 Å². The van der Waals surface area contributed by atoms with Crippen molar-refractivity contribution in [3.8, 4) is 16.9 Å². The predicted molar refractivity (Wildman–Crippen MR) is 126 cm³/mol. The molecular weight excluding hydrogens is 352 g/mol. The van der Waals surface area contributed by atoms with Crippen LogP contribution in [0.4, 0.5) is 0 Å². The molecule has 2 unspecified atom stereocenters. The van der Waals surface area contributed by atoms with Crippen molar-refractivity contribution < 1.29 is 4.74 Å². The van der Waals surface area contributed by atoms with Gasteiger partial charge in [0.25, 0.3) is 0 Å².